The Labute approximate surface area is 180 Å². The quantitative estimate of drug-likeness (QED) is 0.520. The number of nitrogens with zero attached hydrogens (tertiary/aromatic N) is 6. The molecule has 0 atom stereocenters. The monoisotopic (exact) mass is 417 g/mol. The van der Waals surface area contributed by atoms with Gasteiger partial charge in [-0.2, -0.15) is 10.1 Å². The van der Waals surface area contributed by atoms with Crippen LogP contribution >= 0.6 is 0 Å². The molecule has 4 aromatic rings. The van der Waals surface area contributed by atoms with Crippen molar-refractivity contribution >= 4 is 17.1 Å². The topological polar surface area (TPSA) is 84.6 Å². The molecule has 5 rings (SSSR count). The standard InChI is InChI=1S/C23H27N7O/c1-2-11-30-22(31)19-21(27-23(30)28-12-7-4-8-13-28)26-20(25-19)18-14-24-29(16-18)15-17-9-5-3-6-10-17/h3,5-6,9-10,14,16H,2,4,7-8,11-13,15H2,1H3,(H,25,26). The molecule has 0 spiro atoms. The maximum atomic E-state index is 13.3. The Morgan fingerprint density at radius 1 is 1.06 bits per heavy atom. The number of aromatic amines is 1. The number of hydrogen-bond donors (Lipinski definition) is 1. The average Bonchev–Trinajstić information content (AvgIpc) is 3.44. The molecule has 1 N–H and O–H groups in total. The second-order valence-electron chi connectivity index (χ2n) is 8.11. The van der Waals surface area contributed by atoms with Crippen molar-refractivity contribution in [3.8, 4) is 11.4 Å². The van der Waals surface area contributed by atoms with Gasteiger partial charge in [-0.3, -0.25) is 14.0 Å². The Hall–Kier alpha value is -3.42. The minimum absolute atomic E-state index is 0.0529. The lowest BCUT2D eigenvalue weighted by Crippen LogP contribution is -2.36. The van der Waals surface area contributed by atoms with Crippen molar-refractivity contribution < 1.29 is 0 Å². The summed E-state index contributed by atoms with van der Waals surface area (Å²) in [5, 5.41) is 4.46. The molecule has 0 saturated carbocycles. The highest BCUT2D eigenvalue weighted by Gasteiger charge is 2.21. The summed E-state index contributed by atoms with van der Waals surface area (Å²) in [6.07, 6.45) is 8.09. The summed E-state index contributed by atoms with van der Waals surface area (Å²) in [5.41, 5.74) is 2.90. The van der Waals surface area contributed by atoms with Crippen molar-refractivity contribution in [2.24, 2.45) is 0 Å². The first kappa shape index (κ1) is 19.5. The van der Waals surface area contributed by atoms with Gasteiger partial charge in [-0.15, -0.1) is 0 Å². The zero-order valence-electron chi connectivity index (χ0n) is 17.8. The molecule has 3 aromatic heterocycles. The zero-order valence-corrected chi connectivity index (χ0v) is 17.8. The highest BCUT2D eigenvalue weighted by atomic mass is 16.1. The second kappa shape index (κ2) is 8.37. The highest BCUT2D eigenvalue weighted by Crippen LogP contribution is 2.22. The SMILES string of the molecule is CCCn1c(N2CCCCC2)nc2nc(-c3cnn(Cc4ccccc4)c3)[nH]c2c1=O. The molecule has 1 aliphatic heterocycles. The zero-order chi connectivity index (χ0) is 21.2. The maximum Gasteiger partial charge on any atom is 0.280 e. The van der Waals surface area contributed by atoms with Crippen LogP contribution in [0.2, 0.25) is 0 Å². The van der Waals surface area contributed by atoms with Crippen LogP contribution in [0.25, 0.3) is 22.6 Å². The van der Waals surface area contributed by atoms with Crippen LogP contribution < -0.4 is 10.5 Å². The number of fused-ring (bicyclic) bond motifs is 1. The lowest BCUT2D eigenvalue weighted by molar-refractivity contribution is 0.542. The minimum Gasteiger partial charge on any atom is -0.342 e. The number of imidazole rings is 1. The maximum absolute atomic E-state index is 13.3. The summed E-state index contributed by atoms with van der Waals surface area (Å²) in [4.78, 5) is 28.2. The van der Waals surface area contributed by atoms with Gasteiger partial charge in [-0.25, -0.2) is 4.98 Å². The minimum atomic E-state index is -0.0529. The molecule has 0 unspecified atom stereocenters. The molecule has 8 nitrogen and oxygen atoms in total. The van der Waals surface area contributed by atoms with Crippen LogP contribution in [-0.2, 0) is 13.1 Å². The predicted molar refractivity (Wildman–Crippen MR) is 121 cm³/mol. The van der Waals surface area contributed by atoms with Crippen LogP contribution in [0, 0.1) is 0 Å². The largest absolute Gasteiger partial charge is 0.342 e. The fourth-order valence-corrected chi connectivity index (χ4v) is 4.21. The number of H-pyrrole nitrogens is 1. The first-order valence-corrected chi connectivity index (χ1v) is 11.0. The molecule has 1 aliphatic rings. The molecule has 1 aromatic carbocycles. The van der Waals surface area contributed by atoms with E-state index < -0.39 is 0 Å². The smallest absolute Gasteiger partial charge is 0.280 e. The average molecular weight is 418 g/mol. The third-order valence-electron chi connectivity index (χ3n) is 5.77. The molecular weight excluding hydrogens is 390 g/mol. The molecule has 160 valence electrons. The van der Waals surface area contributed by atoms with E-state index in [0.717, 1.165) is 43.9 Å². The Bertz CT molecular complexity index is 1230. The van der Waals surface area contributed by atoms with Gasteiger partial charge >= 0.3 is 0 Å². The normalized spacial score (nSPS) is 14.4. The Morgan fingerprint density at radius 3 is 2.65 bits per heavy atom. The molecule has 8 heteroatoms. The first-order chi connectivity index (χ1) is 15.2. The van der Waals surface area contributed by atoms with Crippen LogP contribution in [0.4, 0.5) is 5.95 Å². The van der Waals surface area contributed by atoms with E-state index >= 15 is 0 Å². The fourth-order valence-electron chi connectivity index (χ4n) is 4.21. The summed E-state index contributed by atoms with van der Waals surface area (Å²) < 4.78 is 3.67. The van der Waals surface area contributed by atoms with Gasteiger partial charge in [0.2, 0.25) is 5.95 Å². The van der Waals surface area contributed by atoms with E-state index in [9.17, 15) is 4.79 Å². The lowest BCUT2D eigenvalue weighted by Gasteiger charge is -2.29. The first-order valence-electron chi connectivity index (χ1n) is 11.0. The molecule has 0 aliphatic carbocycles. The number of aromatic nitrogens is 6. The third-order valence-corrected chi connectivity index (χ3v) is 5.77. The van der Waals surface area contributed by atoms with Gasteiger partial charge < -0.3 is 9.88 Å². The predicted octanol–water partition coefficient (Wildman–Crippen LogP) is 3.43. The Balaban J connectivity index is 1.51. The van der Waals surface area contributed by atoms with Gasteiger partial charge in [0.05, 0.1) is 18.3 Å². The highest BCUT2D eigenvalue weighted by molar-refractivity contribution is 5.76. The van der Waals surface area contributed by atoms with Crippen molar-refractivity contribution in [2.75, 3.05) is 18.0 Å². The van der Waals surface area contributed by atoms with E-state index in [4.69, 9.17) is 4.98 Å². The van der Waals surface area contributed by atoms with E-state index in [1.165, 1.54) is 12.0 Å². The number of hydrogen-bond acceptors (Lipinski definition) is 5. The number of anilines is 1. The fraction of sp³-hybridized carbons (Fsp3) is 0.391. The summed E-state index contributed by atoms with van der Waals surface area (Å²) in [6, 6.07) is 10.2. The van der Waals surface area contributed by atoms with Crippen molar-refractivity contribution in [1.82, 2.24) is 29.3 Å². The van der Waals surface area contributed by atoms with Gasteiger partial charge in [-0.1, -0.05) is 37.3 Å². The third kappa shape index (κ3) is 3.85. The van der Waals surface area contributed by atoms with E-state index in [2.05, 4.69) is 39.0 Å². The summed E-state index contributed by atoms with van der Waals surface area (Å²) in [5.74, 6) is 1.37. The molecule has 1 saturated heterocycles. The Morgan fingerprint density at radius 2 is 1.87 bits per heavy atom. The number of nitrogens with one attached hydrogen (secondary N) is 1. The second-order valence-corrected chi connectivity index (χ2v) is 8.11. The van der Waals surface area contributed by atoms with Gasteiger partial charge in [0.15, 0.2) is 11.2 Å². The summed E-state index contributed by atoms with van der Waals surface area (Å²) in [6.45, 7) is 5.28. The molecule has 0 radical (unpaired) electrons. The van der Waals surface area contributed by atoms with Gasteiger partial charge in [-0.05, 0) is 31.2 Å². The molecule has 4 heterocycles. The molecule has 0 bridgehead atoms. The van der Waals surface area contributed by atoms with Crippen LogP contribution in [0.3, 0.4) is 0 Å². The van der Waals surface area contributed by atoms with E-state index in [1.54, 1.807) is 10.8 Å². The number of benzene rings is 1. The molecular formula is C23H27N7O. The van der Waals surface area contributed by atoms with Gasteiger partial charge in [0.1, 0.15) is 5.82 Å². The molecule has 31 heavy (non-hydrogen) atoms. The summed E-state index contributed by atoms with van der Waals surface area (Å²) >= 11 is 0. The van der Waals surface area contributed by atoms with E-state index in [1.807, 2.05) is 29.1 Å². The number of rotatable bonds is 6. The van der Waals surface area contributed by atoms with Crippen molar-refractivity contribution in [1.29, 1.82) is 0 Å². The van der Waals surface area contributed by atoms with Crippen molar-refractivity contribution in [3.05, 3.63) is 58.6 Å². The van der Waals surface area contributed by atoms with Crippen LogP contribution in [0.5, 0.6) is 0 Å². The summed E-state index contributed by atoms with van der Waals surface area (Å²) in [7, 11) is 0. The van der Waals surface area contributed by atoms with E-state index in [0.29, 0.717) is 30.1 Å². The lowest BCUT2D eigenvalue weighted by atomic mass is 10.1. The van der Waals surface area contributed by atoms with Crippen molar-refractivity contribution in [3.63, 3.8) is 0 Å². The van der Waals surface area contributed by atoms with Crippen LogP contribution in [-0.4, -0.2) is 42.4 Å². The van der Waals surface area contributed by atoms with Gasteiger partial charge in [0.25, 0.3) is 5.56 Å². The van der Waals surface area contributed by atoms with Crippen LogP contribution in [0.15, 0.2) is 47.5 Å². The van der Waals surface area contributed by atoms with Crippen molar-refractivity contribution in [2.45, 2.75) is 45.7 Å². The van der Waals surface area contributed by atoms with Gasteiger partial charge in [0, 0.05) is 25.8 Å². The molecule has 0 amide bonds. The number of piperidine rings is 1. The van der Waals surface area contributed by atoms with Crippen LogP contribution in [0.1, 0.15) is 38.2 Å². The van der Waals surface area contributed by atoms with E-state index in [-0.39, 0.29) is 5.56 Å². The Kier molecular flexibility index (Phi) is 5.28. The molecule has 1 fully saturated rings.